The van der Waals surface area contributed by atoms with Crippen molar-refractivity contribution >= 4 is 23.4 Å². The number of hydrogen-bond acceptors (Lipinski definition) is 4. The van der Waals surface area contributed by atoms with Crippen molar-refractivity contribution in [2.75, 3.05) is 18.5 Å². The summed E-state index contributed by atoms with van der Waals surface area (Å²) in [5.41, 5.74) is 1.45. The smallest absolute Gasteiger partial charge is 0.303 e. The van der Waals surface area contributed by atoms with Crippen molar-refractivity contribution in [3.05, 3.63) is 54.2 Å². The number of carbonyl (C=O) groups is 2. The lowest BCUT2D eigenvalue weighted by molar-refractivity contribution is -0.137. The fraction of sp³-hybridized carbons (Fsp3) is 0.278. The van der Waals surface area contributed by atoms with Crippen LogP contribution in [0.5, 0.6) is 0 Å². The molecule has 1 unspecified atom stereocenters. The average molecular weight is 327 g/mol. The second-order valence-electron chi connectivity index (χ2n) is 5.71. The van der Waals surface area contributed by atoms with E-state index in [1.807, 2.05) is 42.3 Å². The number of anilines is 2. The van der Waals surface area contributed by atoms with E-state index in [9.17, 15) is 9.59 Å². The molecule has 2 rings (SSSR count). The Morgan fingerprint density at radius 3 is 2.50 bits per heavy atom. The molecule has 2 aromatic rings. The molecule has 1 atom stereocenters. The quantitative estimate of drug-likeness (QED) is 0.817. The molecule has 0 bridgehead atoms. The molecule has 126 valence electrons. The van der Waals surface area contributed by atoms with Crippen molar-refractivity contribution in [1.29, 1.82) is 0 Å². The summed E-state index contributed by atoms with van der Waals surface area (Å²) < 4.78 is 0. The Balaban J connectivity index is 1.96. The van der Waals surface area contributed by atoms with Gasteiger partial charge in [0.05, 0.1) is 5.56 Å². The first-order valence-electron chi connectivity index (χ1n) is 7.72. The number of nitrogens with one attached hydrogen (secondary N) is 1. The van der Waals surface area contributed by atoms with Crippen LogP contribution in [0, 0.1) is 5.92 Å². The molecule has 0 saturated carbocycles. The molecule has 0 aliphatic carbocycles. The van der Waals surface area contributed by atoms with Crippen LogP contribution in [-0.4, -0.2) is 35.6 Å². The number of aromatic nitrogens is 1. The molecular weight excluding hydrogens is 306 g/mol. The molecule has 0 radical (unpaired) electrons. The molecular formula is C18H21N3O3. The van der Waals surface area contributed by atoms with Crippen LogP contribution < -0.4 is 10.2 Å². The summed E-state index contributed by atoms with van der Waals surface area (Å²) >= 11 is 0. The highest BCUT2D eigenvalue weighted by Crippen LogP contribution is 2.20. The van der Waals surface area contributed by atoms with Crippen LogP contribution in [0.25, 0.3) is 0 Å². The molecule has 1 heterocycles. The van der Waals surface area contributed by atoms with Crippen molar-refractivity contribution < 1.29 is 14.7 Å². The third-order valence-electron chi connectivity index (χ3n) is 3.63. The van der Waals surface area contributed by atoms with Crippen LogP contribution in [0.15, 0.2) is 48.7 Å². The lowest BCUT2D eigenvalue weighted by atomic mass is 10.1. The van der Waals surface area contributed by atoms with Gasteiger partial charge in [-0.05, 0) is 30.2 Å². The fourth-order valence-electron chi connectivity index (χ4n) is 2.24. The summed E-state index contributed by atoms with van der Waals surface area (Å²) in [7, 11) is 1.91. The van der Waals surface area contributed by atoms with E-state index in [1.54, 1.807) is 19.1 Å². The van der Waals surface area contributed by atoms with E-state index in [0.717, 1.165) is 11.5 Å². The molecule has 2 N–H and O–H groups in total. The summed E-state index contributed by atoms with van der Waals surface area (Å²) in [6, 6.07) is 13.3. The largest absolute Gasteiger partial charge is 0.481 e. The summed E-state index contributed by atoms with van der Waals surface area (Å²) in [5.74, 6) is -0.514. The average Bonchev–Trinajstić information content (AvgIpc) is 2.59. The molecule has 1 aromatic carbocycles. The van der Waals surface area contributed by atoms with Gasteiger partial charge in [0.15, 0.2) is 0 Å². The van der Waals surface area contributed by atoms with E-state index in [1.165, 1.54) is 6.20 Å². The SMILES string of the molecule is CC(CNC(=O)c1ccc(N(C)c2ccccc2)nc1)CC(=O)O. The van der Waals surface area contributed by atoms with E-state index in [4.69, 9.17) is 5.11 Å². The highest BCUT2D eigenvalue weighted by Gasteiger charge is 2.12. The van der Waals surface area contributed by atoms with Gasteiger partial charge in [0.25, 0.3) is 5.91 Å². The maximum Gasteiger partial charge on any atom is 0.303 e. The second-order valence-corrected chi connectivity index (χ2v) is 5.71. The molecule has 1 aromatic heterocycles. The van der Waals surface area contributed by atoms with Gasteiger partial charge in [0, 0.05) is 31.9 Å². The van der Waals surface area contributed by atoms with Crippen molar-refractivity contribution in [2.24, 2.45) is 5.92 Å². The van der Waals surface area contributed by atoms with Crippen LogP contribution in [0.2, 0.25) is 0 Å². The van der Waals surface area contributed by atoms with Gasteiger partial charge in [-0.2, -0.15) is 0 Å². The summed E-state index contributed by atoms with van der Waals surface area (Å²) in [6.45, 7) is 2.10. The predicted molar refractivity (Wildman–Crippen MR) is 92.5 cm³/mol. The van der Waals surface area contributed by atoms with Gasteiger partial charge >= 0.3 is 5.97 Å². The van der Waals surface area contributed by atoms with Gasteiger partial charge in [0.1, 0.15) is 5.82 Å². The van der Waals surface area contributed by atoms with Crippen molar-refractivity contribution in [1.82, 2.24) is 10.3 Å². The van der Waals surface area contributed by atoms with Crippen molar-refractivity contribution in [3.63, 3.8) is 0 Å². The number of para-hydroxylation sites is 1. The third kappa shape index (κ3) is 4.81. The summed E-state index contributed by atoms with van der Waals surface area (Å²) in [4.78, 5) is 28.9. The van der Waals surface area contributed by atoms with Crippen LogP contribution in [0.4, 0.5) is 11.5 Å². The number of amides is 1. The molecule has 24 heavy (non-hydrogen) atoms. The van der Waals surface area contributed by atoms with E-state index in [0.29, 0.717) is 12.1 Å². The van der Waals surface area contributed by atoms with Gasteiger partial charge in [-0.3, -0.25) is 9.59 Å². The van der Waals surface area contributed by atoms with Gasteiger partial charge < -0.3 is 15.3 Å². The number of pyridine rings is 1. The lowest BCUT2D eigenvalue weighted by Crippen LogP contribution is -2.29. The van der Waals surface area contributed by atoms with Gasteiger partial charge in [-0.15, -0.1) is 0 Å². The zero-order valence-corrected chi connectivity index (χ0v) is 13.8. The lowest BCUT2D eigenvalue weighted by Gasteiger charge is -2.18. The number of carboxylic acid groups (broad SMARTS) is 1. The number of nitrogens with zero attached hydrogens (tertiary/aromatic N) is 2. The Labute approximate surface area is 141 Å². The predicted octanol–water partition coefficient (Wildman–Crippen LogP) is 2.69. The maximum atomic E-state index is 12.1. The fourth-order valence-corrected chi connectivity index (χ4v) is 2.24. The first-order valence-corrected chi connectivity index (χ1v) is 7.72. The van der Waals surface area contributed by atoms with E-state index in [-0.39, 0.29) is 18.2 Å². The van der Waals surface area contributed by atoms with E-state index >= 15 is 0 Å². The van der Waals surface area contributed by atoms with E-state index < -0.39 is 5.97 Å². The number of benzene rings is 1. The Morgan fingerprint density at radius 1 is 1.21 bits per heavy atom. The molecule has 0 aliphatic heterocycles. The summed E-state index contributed by atoms with van der Waals surface area (Å²) in [5, 5.41) is 11.4. The maximum absolute atomic E-state index is 12.1. The minimum absolute atomic E-state index is 0.0271. The molecule has 6 nitrogen and oxygen atoms in total. The van der Waals surface area contributed by atoms with Crippen molar-refractivity contribution in [3.8, 4) is 0 Å². The zero-order chi connectivity index (χ0) is 17.5. The highest BCUT2D eigenvalue weighted by atomic mass is 16.4. The van der Waals surface area contributed by atoms with Crippen molar-refractivity contribution in [2.45, 2.75) is 13.3 Å². The van der Waals surface area contributed by atoms with Gasteiger partial charge in [-0.1, -0.05) is 25.1 Å². The summed E-state index contributed by atoms with van der Waals surface area (Å²) in [6.07, 6.45) is 1.55. The zero-order valence-electron chi connectivity index (χ0n) is 13.8. The molecule has 0 spiro atoms. The standard InChI is InChI=1S/C18H21N3O3/c1-13(10-17(22)23)11-20-18(24)14-8-9-16(19-12-14)21(2)15-6-4-3-5-7-15/h3-9,12-13H,10-11H2,1-2H3,(H,20,24)(H,22,23). The first-order chi connectivity index (χ1) is 11.5. The topological polar surface area (TPSA) is 82.5 Å². The Morgan fingerprint density at radius 2 is 1.92 bits per heavy atom. The number of carboxylic acids is 1. The Hall–Kier alpha value is -2.89. The highest BCUT2D eigenvalue weighted by molar-refractivity contribution is 5.94. The first kappa shape index (κ1) is 17.5. The van der Waals surface area contributed by atoms with E-state index in [2.05, 4.69) is 10.3 Å². The normalized spacial score (nSPS) is 11.6. The molecule has 1 amide bonds. The second kappa shape index (κ2) is 8.10. The number of carbonyl (C=O) groups excluding carboxylic acids is 1. The minimum Gasteiger partial charge on any atom is -0.481 e. The molecule has 6 heteroatoms. The number of aliphatic carboxylic acids is 1. The number of hydrogen-bond donors (Lipinski definition) is 2. The van der Waals surface area contributed by atoms with Crippen LogP contribution >= 0.6 is 0 Å². The van der Waals surface area contributed by atoms with Gasteiger partial charge in [-0.25, -0.2) is 4.98 Å². The molecule has 0 fully saturated rings. The van der Waals surface area contributed by atoms with Gasteiger partial charge in [0.2, 0.25) is 0 Å². The van der Waals surface area contributed by atoms with Crippen LogP contribution in [0.1, 0.15) is 23.7 Å². The minimum atomic E-state index is -0.869. The van der Waals surface area contributed by atoms with Crippen LogP contribution in [-0.2, 0) is 4.79 Å². The molecule has 0 aliphatic rings. The Kier molecular flexibility index (Phi) is 5.89. The number of rotatable bonds is 7. The molecule has 0 saturated heterocycles. The van der Waals surface area contributed by atoms with Crippen LogP contribution in [0.3, 0.4) is 0 Å². The third-order valence-corrected chi connectivity index (χ3v) is 3.63. The monoisotopic (exact) mass is 327 g/mol. The Bertz CT molecular complexity index is 686.